The fourth-order valence-corrected chi connectivity index (χ4v) is 4.31. The van der Waals surface area contributed by atoms with E-state index >= 15 is 0 Å². The van der Waals surface area contributed by atoms with Crippen molar-refractivity contribution in [3.63, 3.8) is 0 Å². The molecule has 0 heterocycles. The van der Waals surface area contributed by atoms with Gasteiger partial charge in [0.1, 0.15) is 0 Å². The average Bonchev–Trinajstić information content (AvgIpc) is 3.01. The lowest BCUT2D eigenvalue weighted by Gasteiger charge is -2.24. The lowest BCUT2D eigenvalue weighted by Crippen LogP contribution is -2.40. The Labute approximate surface area is 124 Å². The fourth-order valence-electron chi connectivity index (χ4n) is 3.50. The largest absolute Gasteiger partial charge is 0.359 e. The van der Waals surface area contributed by atoms with Crippen LogP contribution in [0.15, 0.2) is 29.2 Å². The summed E-state index contributed by atoms with van der Waals surface area (Å²) in [5.41, 5.74) is 1.11. The smallest absolute Gasteiger partial charge is 0.171 e. The van der Waals surface area contributed by atoms with E-state index in [1.165, 1.54) is 30.6 Å². The van der Waals surface area contributed by atoms with E-state index in [2.05, 4.69) is 35.1 Å². The Hall–Kier alpha value is -0.740. The minimum absolute atomic E-state index is 0.597. The van der Waals surface area contributed by atoms with E-state index in [0.717, 1.165) is 22.6 Å². The molecule has 2 saturated carbocycles. The molecule has 102 valence electrons. The predicted octanol–water partition coefficient (Wildman–Crippen LogP) is 3.88. The number of hydrogen-bond donors (Lipinski definition) is 2. The molecule has 2 aliphatic rings. The minimum Gasteiger partial charge on any atom is -0.359 e. The predicted molar refractivity (Wildman–Crippen MR) is 86.8 cm³/mol. The van der Waals surface area contributed by atoms with Gasteiger partial charge in [-0.05, 0) is 61.7 Å². The highest BCUT2D eigenvalue weighted by molar-refractivity contribution is 7.98. The zero-order chi connectivity index (χ0) is 13.2. The zero-order valence-corrected chi connectivity index (χ0v) is 12.8. The molecule has 3 rings (SSSR count). The summed E-state index contributed by atoms with van der Waals surface area (Å²) in [6.07, 6.45) is 7.61. The number of thiocarbonyl (C=S) groups is 1. The van der Waals surface area contributed by atoms with Gasteiger partial charge < -0.3 is 10.6 Å². The lowest BCUT2D eigenvalue weighted by atomic mass is 9.96. The van der Waals surface area contributed by atoms with Crippen LogP contribution in [0.3, 0.4) is 0 Å². The first-order valence-corrected chi connectivity index (χ1v) is 8.60. The van der Waals surface area contributed by atoms with Crippen LogP contribution in [-0.2, 0) is 0 Å². The number of fused-ring (bicyclic) bond motifs is 2. The molecule has 0 aliphatic heterocycles. The summed E-state index contributed by atoms with van der Waals surface area (Å²) in [6.45, 7) is 0. The molecule has 3 atom stereocenters. The summed E-state index contributed by atoms with van der Waals surface area (Å²) >= 11 is 7.21. The molecule has 0 saturated heterocycles. The lowest BCUT2D eigenvalue weighted by molar-refractivity contribution is 0.392. The Morgan fingerprint density at radius 2 is 2.11 bits per heavy atom. The Bertz CT molecular complexity index is 475. The SMILES string of the molecule is CSc1ccccc1NC(=S)N[C@@H]1C[C@H]2CC[C@@H]1C2. The summed E-state index contributed by atoms with van der Waals surface area (Å²) in [5.74, 6) is 1.80. The quantitative estimate of drug-likeness (QED) is 0.652. The molecule has 1 aromatic rings. The van der Waals surface area contributed by atoms with Gasteiger partial charge in [-0.2, -0.15) is 0 Å². The number of benzene rings is 1. The van der Waals surface area contributed by atoms with Gasteiger partial charge in [0.25, 0.3) is 0 Å². The molecule has 2 bridgehead atoms. The molecule has 2 nitrogen and oxygen atoms in total. The van der Waals surface area contributed by atoms with E-state index < -0.39 is 0 Å². The van der Waals surface area contributed by atoms with Crippen LogP contribution < -0.4 is 10.6 Å². The molecular formula is C15H20N2S2. The first-order valence-electron chi connectivity index (χ1n) is 6.97. The molecule has 4 heteroatoms. The van der Waals surface area contributed by atoms with E-state index in [0.29, 0.717) is 6.04 Å². The van der Waals surface area contributed by atoms with Crippen molar-refractivity contribution in [2.24, 2.45) is 11.8 Å². The van der Waals surface area contributed by atoms with Crippen LogP contribution in [-0.4, -0.2) is 17.4 Å². The Morgan fingerprint density at radius 1 is 1.26 bits per heavy atom. The summed E-state index contributed by atoms with van der Waals surface area (Å²) in [5, 5.41) is 7.65. The Morgan fingerprint density at radius 3 is 2.79 bits per heavy atom. The van der Waals surface area contributed by atoms with E-state index in [4.69, 9.17) is 12.2 Å². The van der Waals surface area contributed by atoms with Gasteiger partial charge in [0.2, 0.25) is 0 Å². The molecule has 2 N–H and O–H groups in total. The maximum absolute atomic E-state index is 5.46. The van der Waals surface area contributed by atoms with Gasteiger partial charge in [0.15, 0.2) is 5.11 Å². The van der Waals surface area contributed by atoms with Gasteiger partial charge in [0.05, 0.1) is 5.69 Å². The number of thioether (sulfide) groups is 1. The molecular weight excluding hydrogens is 272 g/mol. The second-order valence-electron chi connectivity index (χ2n) is 5.58. The first-order chi connectivity index (χ1) is 9.26. The molecule has 19 heavy (non-hydrogen) atoms. The molecule has 0 radical (unpaired) electrons. The second-order valence-corrected chi connectivity index (χ2v) is 6.84. The second kappa shape index (κ2) is 5.71. The third-order valence-electron chi connectivity index (χ3n) is 4.41. The van der Waals surface area contributed by atoms with Crippen molar-refractivity contribution in [3.05, 3.63) is 24.3 Å². The normalized spacial score (nSPS) is 28.4. The zero-order valence-electron chi connectivity index (χ0n) is 11.2. The van der Waals surface area contributed by atoms with Gasteiger partial charge in [0, 0.05) is 10.9 Å². The highest BCUT2D eigenvalue weighted by atomic mass is 32.2. The van der Waals surface area contributed by atoms with Crippen LogP contribution in [0.2, 0.25) is 0 Å². The number of anilines is 1. The number of nitrogens with one attached hydrogen (secondary N) is 2. The molecule has 2 aliphatic carbocycles. The van der Waals surface area contributed by atoms with Crippen molar-refractivity contribution in [2.45, 2.75) is 36.6 Å². The van der Waals surface area contributed by atoms with Crippen LogP contribution in [0.5, 0.6) is 0 Å². The summed E-state index contributed by atoms with van der Waals surface area (Å²) < 4.78 is 0. The minimum atomic E-state index is 0.597. The molecule has 0 amide bonds. The van der Waals surface area contributed by atoms with Crippen LogP contribution in [0.1, 0.15) is 25.7 Å². The van der Waals surface area contributed by atoms with Crippen molar-refractivity contribution in [1.29, 1.82) is 0 Å². The van der Waals surface area contributed by atoms with E-state index in [9.17, 15) is 0 Å². The van der Waals surface area contributed by atoms with Gasteiger partial charge in [-0.25, -0.2) is 0 Å². The third kappa shape index (κ3) is 2.90. The van der Waals surface area contributed by atoms with Crippen molar-refractivity contribution in [3.8, 4) is 0 Å². The van der Waals surface area contributed by atoms with Crippen molar-refractivity contribution in [2.75, 3.05) is 11.6 Å². The van der Waals surface area contributed by atoms with Crippen LogP contribution in [0.25, 0.3) is 0 Å². The van der Waals surface area contributed by atoms with Gasteiger partial charge in [-0.3, -0.25) is 0 Å². The maximum Gasteiger partial charge on any atom is 0.171 e. The van der Waals surface area contributed by atoms with Crippen LogP contribution in [0.4, 0.5) is 5.69 Å². The Balaban J connectivity index is 1.59. The van der Waals surface area contributed by atoms with Gasteiger partial charge in [-0.1, -0.05) is 18.6 Å². The summed E-state index contributed by atoms with van der Waals surface area (Å²) in [4.78, 5) is 1.24. The maximum atomic E-state index is 5.46. The van der Waals surface area contributed by atoms with Crippen LogP contribution in [0, 0.1) is 11.8 Å². The highest BCUT2D eigenvalue weighted by Gasteiger charge is 2.39. The topological polar surface area (TPSA) is 24.1 Å². The first kappa shape index (κ1) is 13.3. The molecule has 1 aromatic carbocycles. The van der Waals surface area contributed by atoms with Gasteiger partial charge in [-0.15, -0.1) is 11.8 Å². The number of para-hydroxylation sites is 1. The molecule has 0 aromatic heterocycles. The highest BCUT2D eigenvalue weighted by Crippen LogP contribution is 2.44. The number of rotatable bonds is 3. The average molecular weight is 292 g/mol. The monoisotopic (exact) mass is 292 g/mol. The van der Waals surface area contributed by atoms with Crippen molar-refractivity contribution < 1.29 is 0 Å². The third-order valence-corrected chi connectivity index (χ3v) is 5.43. The Kier molecular flexibility index (Phi) is 3.99. The van der Waals surface area contributed by atoms with E-state index in [-0.39, 0.29) is 0 Å². The van der Waals surface area contributed by atoms with E-state index in [1.54, 1.807) is 11.8 Å². The summed E-state index contributed by atoms with van der Waals surface area (Å²) in [6, 6.07) is 8.90. The van der Waals surface area contributed by atoms with Crippen molar-refractivity contribution in [1.82, 2.24) is 5.32 Å². The molecule has 0 spiro atoms. The van der Waals surface area contributed by atoms with Gasteiger partial charge >= 0.3 is 0 Å². The van der Waals surface area contributed by atoms with E-state index in [1.807, 2.05) is 6.07 Å². The van der Waals surface area contributed by atoms with Crippen molar-refractivity contribution >= 4 is 34.8 Å². The molecule has 2 fully saturated rings. The summed E-state index contributed by atoms with van der Waals surface area (Å²) in [7, 11) is 0. The number of hydrogen-bond acceptors (Lipinski definition) is 2. The fraction of sp³-hybridized carbons (Fsp3) is 0.533. The standard InChI is InChI=1S/C15H20N2S2/c1-19-14-5-3-2-4-12(14)16-15(18)17-13-9-10-6-7-11(13)8-10/h2-5,10-11,13H,6-9H2,1H3,(H2,16,17,18)/t10-,11+,13+/m0/s1. The van der Waals surface area contributed by atoms with Crippen LogP contribution >= 0.6 is 24.0 Å². The molecule has 0 unspecified atom stereocenters.